The van der Waals surface area contributed by atoms with Gasteiger partial charge < -0.3 is 5.32 Å². The van der Waals surface area contributed by atoms with Crippen molar-refractivity contribution in [2.24, 2.45) is 0 Å². The van der Waals surface area contributed by atoms with Crippen molar-refractivity contribution >= 4 is 5.52 Å². The average molecular weight is 279 g/mol. The SMILES string of the molecule is CCCNC(c1cccc(C)c1)c1cnn2ccccc12. The fourth-order valence-corrected chi connectivity index (χ4v) is 2.72. The van der Waals surface area contributed by atoms with E-state index >= 15 is 0 Å². The summed E-state index contributed by atoms with van der Waals surface area (Å²) in [4.78, 5) is 0. The van der Waals surface area contributed by atoms with Crippen LogP contribution in [0.4, 0.5) is 0 Å². The quantitative estimate of drug-likeness (QED) is 0.771. The Morgan fingerprint density at radius 1 is 1.19 bits per heavy atom. The van der Waals surface area contributed by atoms with Crippen LogP contribution in [-0.4, -0.2) is 16.2 Å². The summed E-state index contributed by atoms with van der Waals surface area (Å²) >= 11 is 0. The summed E-state index contributed by atoms with van der Waals surface area (Å²) in [5.74, 6) is 0. The molecule has 1 N–H and O–H groups in total. The largest absolute Gasteiger partial charge is 0.306 e. The number of nitrogens with one attached hydrogen (secondary N) is 1. The van der Waals surface area contributed by atoms with E-state index in [2.05, 4.69) is 60.7 Å². The third kappa shape index (κ3) is 2.83. The van der Waals surface area contributed by atoms with Gasteiger partial charge in [-0.05, 0) is 37.6 Å². The molecule has 0 saturated heterocycles. The molecule has 1 unspecified atom stereocenters. The second kappa shape index (κ2) is 6.10. The van der Waals surface area contributed by atoms with Crippen molar-refractivity contribution in [3.05, 3.63) is 71.5 Å². The van der Waals surface area contributed by atoms with E-state index in [0.29, 0.717) is 0 Å². The summed E-state index contributed by atoms with van der Waals surface area (Å²) in [7, 11) is 0. The van der Waals surface area contributed by atoms with Gasteiger partial charge in [-0.25, -0.2) is 4.52 Å². The standard InChI is InChI=1S/C18H21N3/c1-3-10-19-18(15-8-6-7-14(2)12-15)16-13-20-21-11-5-4-9-17(16)21/h4-9,11-13,18-19H,3,10H2,1-2H3. The molecular formula is C18H21N3. The minimum Gasteiger partial charge on any atom is -0.306 e. The summed E-state index contributed by atoms with van der Waals surface area (Å²) in [6.45, 7) is 5.32. The van der Waals surface area contributed by atoms with Crippen LogP contribution in [0.15, 0.2) is 54.9 Å². The Labute approximate surface area is 125 Å². The molecule has 0 aliphatic carbocycles. The molecule has 2 aromatic heterocycles. The number of rotatable bonds is 5. The predicted molar refractivity (Wildman–Crippen MR) is 86.5 cm³/mol. The molecule has 0 spiro atoms. The Balaban J connectivity index is 2.06. The maximum Gasteiger partial charge on any atom is 0.0712 e. The maximum atomic E-state index is 4.47. The highest BCUT2D eigenvalue weighted by Crippen LogP contribution is 2.26. The molecule has 3 rings (SSSR count). The first-order valence-electron chi connectivity index (χ1n) is 7.52. The molecule has 0 aliphatic heterocycles. The van der Waals surface area contributed by atoms with E-state index in [4.69, 9.17) is 0 Å². The van der Waals surface area contributed by atoms with Gasteiger partial charge in [0.05, 0.1) is 17.8 Å². The van der Waals surface area contributed by atoms with E-state index in [1.165, 1.54) is 16.7 Å². The minimum absolute atomic E-state index is 0.185. The number of pyridine rings is 1. The summed E-state index contributed by atoms with van der Waals surface area (Å²) in [5.41, 5.74) is 4.97. The Morgan fingerprint density at radius 2 is 2.10 bits per heavy atom. The topological polar surface area (TPSA) is 29.3 Å². The normalized spacial score (nSPS) is 12.7. The van der Waals surface area contributed by atoms with Gasteiger partial charge >= 0.3 is 0 Å². The molecule has 1 atom stereocenters. The lowest BCUT2D eigenvalue weighted by Crippen LogP contribution is -2.23. The van der Waals surface area contributed by atoms with Crippen molar-refractivity contribution in [1.29, 1.82) is 0 Å². The smallest absolute Gasteiger partial charge is 0.0712 e. The molecule has 0 saturated carbocycles. The van der Waals surface area contributed by atoms with Crippen LogP contribution in [0.1, 0.15) is 36.1 Å². The summed E-state index contributed by atoms with van der Waals surface area (Å²) in [6.07, 6.45) is 5.08. The van der Waals surface area contributed by atoms with E-state index in [9.17, 15) is 0 Å². The summed E-state index contributed by atoms with van der Waals surface area (Å²) < 4.78 is 1.94. The number of benzene rings is 1. The molecule has 2 heterocycles. The molecule has 1 aromatic carbocycles. The number of hydrogen-bond acceptors (Lipinski definition) is 2. The van der Waals surface area contributed by atoms with Crippen molar-refractivity contribution in [1.82, 2.24) is 14.9 Å². The lowest BCUT2D eigenvalue weighted by molar-refractivity contribution is 0.601. The number of aryl methyl sites for hydroxylation is 1. The van der Waals surface area contributed by atoms with Gasteiger partial charge in [0.25, 0.3) is 0 Å². The zero-order valence-electron chi connectivity index (χ0n) is 12.6. The molecule has 0 aliphatic rings. The molecule has 21 heavy (non-hydrogen) atoms. The van der Waals surface area contributed by atoms with Gasteiger partial charge in [-0.2, -0.15) is 5.10 Å². The second-order valence-corrected chi connectivity index (χ2v) is 5.43. The van der Waals surface area contributed by atoms with E-state index in [1.807, 2.05) is 23.0 Å². The zero-order chi connectivity index (χ0) is 14.7. The van der Waals surface area contributed by atoms with Gasteiger partial charge in [-0.3, -0.25) is 0 Å². The molecule has 3 heteroatoms. The van der Waals surface area contributed by atoms with Crippen molar-refractivity contribution < 1.29 is 0 Å². The van der Waals surface area contributed by atoms with Crippen molar-refractivity contribution in [3.63, 3.8) is 0 Å². The summed E-state index contributed by atoms with van der Waals surface area (Å²) in [6, 6.07) is 15.1. The van der Waals surface area contributed by atoms with Gasteiger partial charge in [0, 0.05) is 11.8 Å². The fraction of sp³-hybridized carbons (Fsp3) is 0.278. The van der Waals surface area contributed by atoms with Gasteiger partial charge in [-0.15, -0.1) is 0 Å². The Bertz CT molecular complexity index is 730. The molecule has 3 nitrogen and oxygen atoms in total. The van der Waals surface area contributed by atoms with Crippen LogP contribution in [-0.2, 0) is 0 Å². The van der Waals surface area contributed by atoms with E-state index in [0.717, 1.165) is 18.5 Å². The highest BCUT2D eigenvalue weighted by atomic mass is 15.2. The van der Waals surface area contributed by atoms with E-state index in [-0.39, 0.29) is 6.04 Å². The van der Waals surface area contributed by atoms with Gasteiger partial charge in [0.15, 0.2) is 0 Å². The monoisotopic (exact) mass is 279 g/mol. The van der Waals surface area contributed by atoms with Crippen molar-refractivity contribution in [3.8, 4) is 0 Å². The van der Waals surface area contributed by atoms with Gasteiger partial charge in [0.2, 0.25) is 0 Å². The zero-order valence-corrected chi connectivity index (χ0v) is 12.6. The first kappa shape index (κ1) is 13.8. The minimum atomic E-state index is 0.185. The van der Waals surface area contributed by atoms with Crippen LogP contribution in [0.5, 0.6) is 0 Å². The molecule has 0 fully saturated rings. The molecule has 3 aromatic rings. The van der Waals surface area contributed by atoms with Crippen molar-refractivity contribution in [2.75, 3.05) is 6.54 Å². The van der Waals surface area contributed by atoms with Crippen LogP contribution >= 0.6 is 0 Å². The predicted octanol–water partition coefficient (Wildman–Crippen LogP) is 3.73. The van der Waals surface area contributed by atoms with Crippen LogP contribution < -0.4 is 5.32 Å². The molecule has 108 valence electrons. The Morgan fingerprint density at radius 3 is 2.90 bits per heavy atom. The lowest BCUT2D eigenvalue weighted by atomic mass is 9.98. The molecule has 0 radical (unpaired) electrons. The van der Waals surface area contributed by atoms with Gasteiger partial charge in [0.1, 0.15) is 0 Å². The third-order valence-corrected chi connectivity index (χ3v) is 3.74. The molecule has 0 amide bonds. The third-order valence-electron chi connectivity index (χ3n) is 3.74. The lowest BCUT2D eigenvalue weighted by Gasteiger charge is -2.19. The second-order valence-electron chi connectivity index (χ2n) is 5.43. The van der Waals surface area contributed by atoms with Gasteiger partial charge in [-0.1, -0.05) is 42.8 Å². The van der Waals surface area contributed by atoms with Crippen LogP contribution in [0.25, 0.3) is 5.52 Å². The number of aromatic nitrogens is 2. The highest BCUT2D eigenvalue weighted by molar-refractivity contribution is 5.57. The summed E-state index contributed by atoms with van der Waals surface area (Å²) in [5, 5.41) is 8.13. The Hall–Kier alpha value is -2.13. The average Bonchev–Trinajstić information content (AvgIpc) is 2.92. The van der Waals surface area contributed by atoms with Crippen LogP contribution in [0.3, 0.4) is 0 Å². The molecular weight excluding hydrogens is 258 g/mol. The number of nitrogens with zero attached hydrogens (tertiary/aromatic N) is 2. The first-order chi connectivity index (χ1) is 10.3. The van der Waals surface area contributed by atoms with Crippen LogP contribution in [0.2, 0.25) is 0 Å². The molecule has 0 bridgehead atoms. The Kier molecular flexibility index (Phi) is 4.02. The fourth-order valence-electron chi connectivity index (χ4n) is 2.72. The first-order valence-corrected chi connectivity index (χ1v) is 7.52. The highest BCUT2D eigenvalue weighted by Gasteiger charge is 2.17. The maximum absolute atomic E-state index is 4.47. The van der Waals surface area contributed by atoms with E-state index in [1.54, 1.807) is 0 Å². The van der Waals surface area contributed by atoms with E-state index < -0.39 is 0 Å². The van der Waals surface area contributed by atoms with Crippen LogP contribution in [0, 0.1) is 6.92 Å². The number of hydrogen-bond donors (Lipinski definition) is 1. The number of fused-ring (bicyclic) bond motifs is 1. The van der Waals surface area contributed by atoms with Crippen molar-refractivity contribution in [2.45, 2.75) is 26.3 Å².